The number of nitro benzene ring substituents is 2. The molecule has 1 fully saturated rings. The second kappa shape index (κ2) is 11.1. The van der Waals surface area contributed by atoms with Crippen LogP contribution in [0, 0.1) is 20.2 Å². The highest BCUT2D eigenvalue weighted by Crippen LogP contribution is 2.36. The number of amides is 2. The average Bonchev–Trinajstić information content (AvgIpc) is 3.12. The number of nitro groups is 2. The fourth-order valence-electron chi connectivity index (χ4n) is 3.30. The number of nitrogens with zero attached hydrogens (tertiary/aromatic N) is 3. The Morgan fingerprint density at radius 3 is 2.46 bits per heavy atom. The Labute approximate surface area is 218 Å². The van der Waals surface area contributed by atoms with E-state index in [1.165, 1.54) is 18.2 Å². The van der Waals surface area contributed by atoms with Crippen molar-refractivity contribution in [3.05, 3.63) is 102 Å². The number of imide groups is 1. The quantitative estimate of drug-likeness (QED) is 0.179. The fraction of sp³-hybridized carbons (Fsp3) is 0.0833. The van der Waals surface area contributed by atoms with Crippen LogP contribution in [0.2, 0.25) is 5.02 Å². The molecule has 1 heterocycles. The van der Waals surface area contributed by atoms with E-state index >= 15 is 0 Å². The Kier molecular flexibility index (Phi) is 7.70. The normalized spacial score (nSPS) is 14.2. The van der Waals surface area contributed by atoms with Crippen molar-refractivity contribution in [3.8, 4) is 17.2 Å². The van der Waals surface area contributed by atoms with Crippen LogP contribution in [0.4, 0.5) is 16.2 Å². The number of thioether (sulfide) groups is 1. The van der Waals surface area contributed by atoms with Gasteiger partial charge in [-0.25, -0.2) is 0 Å². The molecule has 2 amide bonds. The molecule has 0 aromatic heterocycles. The van der Waals surface area contributed by atoms with Crippen LogP contribution in [0.1, 0.15) is 5.56 Å². The van der Waals surface area contributed by atoms with Gasteiger partial charge in [-0.2, -0.15) is 0 Å². The van der Waals surface area contributed by atoms with Gasteiger partial charge in [0.05, 0.1) is 32.4 Å². The van der Waals surface area contributed by atoms with E-state index in [1.54, 1.807) is 36.4 Å². The van der Waals surface area contributed by atoms with E-state index < -0.39 is 32.4 Å². The first-order valence-electron chi connectivity index (χ1n) is 10.6. The summed E-state index contributed by atoms with van der Waals surface area (Å²) in [5.74, 6) is -0.0449. The molecular formula is C24H16ClN3O8S. The standard InChI is InChI=1S/C24H16ClN3O8S/c25-18-6-1-2-7-20(18)35-11-10-26-23(29)22(37-24(26)30)13-15-4-3-5-17(12-15)36-21-9-8-16(27(31)32)14-19(21)28(33)34/h1-9,12-14H,10-11H2/b22-13-. The monoisotopic (exact) mass is 541 g/mol. The maximum Gasteiger partial charge on any atom is 0.318 e. The minimum atomic E-state index is -0.780. The zero-order valence-corrected chi connectivity index (χ0v) is 20.3. The van der Waals surface area contributed by atoms with Crippen molar-refractivity contribution in [1.82, 2.24) is 4.90 Å². The van der Waals surface area contributed by atoms with Crippen LogP contribution in [0.5, 0.6) is 17.2 Å². The molecular weight excluding hydrogens is 526 g/mol. The summed E-state index contributed by atoms with van der Waals surface area (Å²) in [6.07, 6.45) is 1.50. The molecule has 0 aliphatic carbocycles. The lowest BCUT2D eigenvalue weighted by Crippen LogP contribution is -2.32. The summed E-state index contributed by atoms with van der Waals surface area (Å²) in [6.45, 7) is 0.0899. The molecule has 11 nitrogen and oxygen atoms in total. The lowest BCUT2D eigenvalue weighted by molar-refractivity contribution is -0.394. The molecule has 0 spiro atoms. The highest BCUT2D eigenvalue weighted by Gasteiger charge is 2.34. The number of carbonyl (C=O) groups excluding carboxylic acids is 2. The Hall–Kier alpha value is -4.42. The second-order valence-corrected chi connectivity index (χ2v) is 8.85. The summed E-state index contributed by atoms with van der Waals surface area (Å²) in [7, 11) is 0. The number of hydrogen-bond donors (Lipinski definition) is 0. The Bertz CT molecular complexity index is 1440. The van der Waals surface area contributed by atoms with Crippen molar-refractivity contribution >= 4 is 52.0 Å². The van der Waals surface area contributed by atoms with Crippen LogP contribution < -0.4 is 9.47 Å². The zero-order chi connectivity index (χ0) is 26.5. The lowest BCUT2D eigenvalue weighted by Gasteiger charge is -2.13. The van der Waals surface area contributed by atoms with Crippen LogP contribution in [0.15, 0.2) is 71.6 Å². The predicted molar refractivity (Wildman–Crippen MR) is 136 cm³/mol. The van der Waals surface area contributed by atoms with Gasteiger partial charge >= 0.3 is 5.69 Å². The third-order valence-corrected chi connectivity index (χ3v) is 6.24. The maximum absolute atomic E-state index is 12.8. The van der Waals surface area contributed by atoms with E-state index in [-0.39, 0.29) is 29.6 Å². The van der Waals surface area contributed by atoms with Crippen LogP contribution in [0.25, 0.3) is 6.08 Å². The van der Waals surface area contributed by atoms with Gasteiger partial charge in [0, 0.05) is 6.07 Å². The summed E-state index contributed by atoms with van der Waals surface area (Å²) in [4.78, 5) is 47.2. The van der Waals surface area contributed by atoms with E-state index in [4.69, 9.17) is 21.1 Å². The molecule has 0 unspecified atom stereocenters. The van der Waals surface area contributed by atoms with Gasteiger partial charge in [0.15, 0.2) is 0 Å². The summed E-state index contributed by atoms with van der Waals surface area (Å²) >= 11 is 6.81. The number of carbonyl (C=O) groups is 2. The number of benzene rings is 3. The molecule has 0 bridgehead atoms. The minimum Gasteiger partial charge on any atom is -0.490 e. The molecule has 0 saturated carbocycles. The number of ether oxygens (including phenoxy) is 2. The van der Waals surface area contributed by atoms with Crippen molar-refractivity contribution in [1.29, 1.82) is 0 Å². The second-order valence-electron chi connectivity index (χ2n) is 7.45. The van der Waals surface area contributed by atoms with E-state index in [2.05, 4.69) is 0 Å². The van der Waals surface area contributed by atoms with E-state index in [9.17, 15) is 29.8 Å². The van der Waals surface area contributed by atoms with Crippen LogP contribution in [-0.2, 0) is 4.79 Å². The van der Waals surface area contributed by atoms with E-state index in [1.807, 2.05) is 0 Å². The third kappa shape index (κ3) is 6.05. The van der Waals surface area contributed by atoms with Gasteiger partial charge in [0.2, 0.25) is 5.75 Å². The van der Waals surface area contributed by atoms with Gasteiger partial charge in [-0.3, -0.25) is 34.7 Å². The zero-order valence-electron chi connectivity index (χ0n) is 18.7. The van der Waals surface area contributed by atoms with Crippen molar-refractivity contribution in [2.45, 2.75) is 0 Å². The summed E-state index contributed by atoms with van der Waals surface area (Å²) in [5.41, 5.74) is -0.514. The Morgan fingerprint density at radius 2 is 1.73 bits per heavy atom. The molecule has 1 aliphatic rings. The summed E-state index contributed by atoms with van der Waals surface area (Å²) in [6, 6.07) is 16.2. The summed E-state index contributed by atoms with van der Waals surface area (Å²) in [5, 5.41) is 22.2. The number of halogens is 1. The highest BCUT2D eigenvalue weighted by atomic mass is 35.5. The van der Waals surface area contributed by atoms with Crippen molar-refractivity contribution < 1.29 is 28.9 Å². The molecule has 1 aliphatic heterocycles. The molecule has 13 heteroatoms. The van der Waals surface area contributed by atoms with Crippen molar-refractivity contribution in [2.24, 2.45) is 0 Å². The maximum atomic E-state index is 12.8. The minimum absolute atomic E-state index is 0.0280. The summed E-state index contributed by atoms with van der Waals surface area (Å²) < 4.78 is 11.2. The Morgan fingerprint density at radius 1 is 0.946 bits per heavy atom. The Balaban J connectivity index is 1.46. The molecule has 1 saturated heterocycles. The SMILES string of the molecule is O=C1S/C(=C\c2cccc(Oc3ccc([N+](=O)[O-])cc3[N+](=O)[O-])c2)C(=O)N1CCOc1ccccc1Cl. The first kappa shape index (κ1) is 25.7. The first-order chi connectivity index (χ1) is 17.7. The number of para-hydroxylation sites is 1. The van der Waals surface area contributed by atoms with Crippen LogP contribution >= 0.6 is 23.4 Å². The molecule has 37 heavy (non-hydrogen) atoms. The number of hydrogen-bond acceptors (Lipinski definition) is 9. The molecule has 3 aromatic rings. The van der Waals surface area contributed by atoms with Gasteiger partial charge < -0.3 is 9.47 Å². The molecule has 0 N–H and O–H groups in total. The van der Waals surface area contributed by atoms with Crippen LogP contribution in [-0.4, -0.2) is 39.0 Å². The average molecular weight is 542 g/mol. The number of rotatable bonds is 9. The largest absolute Gasteiger partial charge is 0.490 e. The fourth-order valence-corrected chi connectivity index (χ4v) is 4.35. The predicted octanol–water partition coefficient (Wildman–Crippen LogP) is 6.06. The molecule has 3 aromatic carbocycles. The third-order valence-electron chi connectivity index (χ3n) is 5.02. The molecule has 0 atom stereocenters. The van der Waals surface area contributed by atoms with Gasteiger partial charge in [-0.15, -0.1) is 0 Å². The molecule has 4 rings (SSSR count). The van der Waals surface area contributed by atoms with Crippen molar-refractivity contribution in [3.63, 3.8) is 0 Å². The van der Waals surface area contributed by atoms with Gasteiger partial charge in [-0.05, 0) is 53.7 Å². The smallest absolute Gasteiger partial charge is 0.318 e. The van der Waals surface area contributed by atoms with Crippen molar-refractivity contribution in [2.75, 3.05) is 13.2 Å². The topological polar surface area (TPSA) is 142 Å². The van der Waals surface area contributed by atoms with Crippen LogP contribution in [0.3, 0.4) is 0 Å². The van der Waals surface area contributed by atoms with Gasteiger partial charge in [0.25, 0.3) is 16.8 Å². The first-order valence-corrected chi connectivity index (χ1v) is 11.8. The van der Waals surface area contributed by atoms with E-state index in [0.717, 1.165) is 34.9 Å². The molecule has 0 radical (unpaired) electrons. The highest BCUT2D eigenvalue weighted by molar-refractivity contribution is 8.18. The van der Waals surface area contributed by atoms with E-state index in [0.29, 0.717) is 16.3 Å². The lowest BCUT2D eigenvalue weighted by atomic mass is 10.2. The van der Waals surface area contributed by atoms with Gasteiger partial charge in [0.1, 0.15) is 18.1 Å². The number of non-ortho nitro benzene ring substituents is 1. The molecule has 188 valence electrons. The van der Waals surface area contributed by atoms with Gasteiger partial charge in [-0.1, -0.05) is 35.9 Å².